The molecule has 0 aromatic heterocycles. The van der Waals surface area contributed by atoms with E-state index >= 15 is 0 Å². The third-order valence-electron chi connectivity index (χ3n) is 1.13. The van der Waals surface area contributed by atoms with E-state index in [0.29, 0.717) is 0 Å². The van der Waals surface area contributed by atoms with Crippen molar-refractivity contribution in [2.75, 3.05) is 0 Å². The van der Waals surface area contributed by atoms with Gasteiger partial charge in [0.25, 0.3) is 0 Å². The van der Waals surface area contributed by atoms with Crippen molar-refractivity contribution in [1.29, 1.82) is 0 Å². The van der Waals surface area contributed by atoms with Gasteiger partial charge in [0.05, 0.1) is 0 Å². The van der Waals surface area contributed by atoms with Crippen molar-refractivity contribution in [2.24, 2.45) is 0 Å². The summed E-state index contributed by atoms with van der Waals surface area (Å²) in [4.78, 5) is 0. The summed E-state index contributed by atoms with van der Waals surface area (Å²) in [5.74, 6) is 0. The Hall–Kier alpha value is -0.780. The molecule has 0 aliphatic rings. The second-order valence-electron chi connectivity index (χ2n) is 1.96. The largest absolute Gasteiger partial charge is 0.0988 e. The molecule has 9 heavy (non-hydrogen) atoms. The molecule has 50 valence electrons. The zero-order valence-corrected chi connectivity index (χ0v) is 6.22. The molecule has 0 spiro atoms. The Morgan fingerprint density at radius 1 is 1.56 bits per heavy atom. The van der Waals surface area contributed by atoms with Gasteiger partial charge in [0.2, 0.25) is 0 Å². The summed E-state index contributed by atoms with van der Waals surface area (Å²) in [6, 6.07) is 0. The van der Waals surface area contributed by atoms with Crippen molar-refractivity contribution in [1.82, 2.24) is 0 Å². The van der Waals surface area contributed by atoms with Crippen molar-refractivity contribution in [3.05, 3.63) is 36.5 Å². The lowest BCUT2D eigenvalue weighted by Crippen LogP contribution is -1.64. The van der Waals surface area contributed by atoms with Crippen LogP contribution in [0, 0.1) is 0 Å². The fraction of sp³-hybridized carbons (Fsp3) is 0.333. The summed E-state index contributed by atoms with van der Waals surface area (Å²) in [7, 11) is 0. The molecule has 0 unspecified atom stereocenters. The molecule has 0 aliphatic heterocycles. The van der Waals surface area contributed by atoms with Crippen LogP contribution < -0.4 is 0 Å². The third kappa shape index (κ3) is 5.09. The molecule has 0 N–H and O–H groups in total. The second kappa shape index (κ2) is 5.36. The first-order chi connectivity index (χ1) is 4.31. The van der Waals surface area contributed by atoms with Crippen LogP contribution in [-0.4, -0.2) is 0 Å². The summed E-state index contributed by atoms with van der Waals surface area (Å²) in [5.41, 5.74) is 1.24. The van der Waals surface area contributed by atoms with Crippen LogP contribution >= 0.6 is 0 Å². The molecule has 0 rings (SSSR count). The van der Waals surface area contributed by atoms with Gasteiger partial charge in [-0.1, -0.05) is 36.5 Å². The molecule has 0 nitrogen and oxygen atoms in total. The molecule has 0 aromatic carbocycles. The van der Waals surface area contributed by atoms with Crippen LogP contribution in [0.5, 0.6) is 0 Å². The predicted molar refractivity (Wildman–Crippen MR) is 43.4 cm³/mol. The summed E-state index contributed by atoms with van der Waals surface area (Å²) in [6.07, 6.45) is 9.20. The summed E-state index contributed by atoms with van der Waals surface area (Å²) in [5, 5.41) is 0. The van der Waals surface area contributed by atoms with Gasteiger partial charge in [-0.15, -0.1) is 0 Å². The Kier molecular flexibility index (Phi) is 4.89. The van der Waals surface area contributed by atoms with E-state index in [0.717, 1.165) is 6.42 Å². The van der Waals surface area contributed by atoms with Crippen LogP contribution in [0.15, 0.2) is 36.5 Å². The van der Waals surface area contributed by atoms with Gasteiger partial charge in [0.15, 0.2) is 0 Å². The summed E-state index contributed by atoms with van der Waals surface area (Å²) >= 11 is 0. The molecular weight excluding hydrogens is 108 g/mol. The van der Waals surface area contributed by atoms with Gasteiger partial charge in [0, 0.05) is 0 Å². The molecule has 0 fully saturated rings. The fourth-order valence-electron chi connectivity index (χ4n) is 0.473. The third-order valence-corrected chi connectivity index (χ3v) is 1.13. The average Bonchev–Trinajstić information content (AvgIpc) is 1.89. The topological polar surface area (TPSA) is 0 Å². The van der Waals surface area contributed by atoms with Crippen LogP contribution in [0.25, 0.3) is 0 Å². The molecule has 0 saturated carbocycles. The minimum absolute atomic E-state index is 1.02. The highest BCUT2D eigenvalue weighted by Gasteiger charge is 1.74. The van der Waals surface area contributed by atoms with Crippen molar-refractivity contribution in [2.45, 2.75) is 20.3 Å². The molecule has 0 amide bonds. The Morgan fingerprint density at radius 2 is 2.22 bits per heavy atom. The number of rotatable bonds is 3. The molecular formula is C9H14. The Labute approximate surface area is 57.6 Å². The van der Waals surface area contributed by atoms with Crippen LogP contribution in [0.1, 0.15) is 20.3 Å². The maximum atomic E-state index is 3.65. The van der Waals surface area contributed by atoms with Crippen molar-refractivity contribution >= 4 is 0 Å². The van der Waals surface area contributed by atoms with E-state index in [4.69, 9.17) is 0 Å². The highest BCUT2D eigenvalue weighted by atomic mass is 13.8. The van der Waals surface area contributed by atoms with E-state index in [1.807, 2.05) is 19.1 Å². The number of hydrogen-bond acceptors (Lipinski definition) is 0. The molecule has 0 bridgehead atoms. The fourth-order valence-corrected chi connectivity index (χ4v) is 0.473. The first kappa shape index (κ1) is 8.22. The first-order valence-corrected chi connectivity index (χ1v) is 3.21. The minimum atomic E-state index is 1.02. The predicted octanol–water partition coefficient (Wildman–Crippen LogP) is 3.08. The minimum Gasteiger partial charge on any atom is -0.0988 e. The summed E-state index contributed by atoms with van der Waals surface area (Å²) < 4.78 is 0. The Bertz CT molecular complexity index is 127. The van der Waals surface area contributed by atoms with Crippen molar-refractivity contribution in [3.8, 4) is 0 Å². The van der Waals surface area contributed by atoms with Crippen molar-refractivity contribution < 1.29 is 0 Å². The smallest absolute Gasteiger partial charge is 0.0164 e. The molecule has 0 radical (unpaired) electrons. The molecule has 0 heterocycles. The molecule has 0 atom stereocenters. The lowest BCUT2D eigenvalue weighted by Gasteiger charge is -1.85. The molecule has 0 aliphatic carbocycles. The van der Waals surface area contributed by atoms with Gasteiger partial charge in [-0.05, 0) is 20.3 Å². The number of hydrogen-bond donors (Lipinski definition) is 0. The lowest BCUT2D eigenvalue weighted by atomic mass is 10.2. The molecule has 0 saturated heterocycles. The number of allylic oxidation sites excluding steroid dienone is 5. The van der Waals surface area contributed by atoms with Gasteiger partial charge in [-0.25, -0.2) is 0 Å². The van der Waals surface area contributed by atoms with Crippen molar-refractivity contribution in [3.63, 3.8) is 0 Å². The van der Waals surface area contributed by atoms with Gasteiger partial charge in [-0.2, -0.15) is 0 Å². The summed E-state index contributed by atoms with van der Waals surface area (Å²) in [6.45, 7) is 7.72. The van der Waals surface area contributed by atoms with E-state index in [-0.39, 0.29) is 0 Å². The Balaban J connectivity index is 3.56. The van der Waals surface area contributed by atoms with Gasteiger partial charge >= 0.3 is 0 Å². The second-order valence-corrected chi connectivity index (χ2v) is 1.96. The van der Waals surface area contributed by atoms with Gasteiger partial charge in [0.1, 0.15) is 0 Å². The van der Waals surface area contributed by atoms with E-state index in [2.05, 4.69) is 25.7 Å². The van der Waals surface area contributed by atoms with Crippen LogP contribution in [0.3, 0.4) is 0 Å². The van der Waals surface area contributed by atoms with E-state index in [1.54, 1.807) is 0 Å². The van der Waals surface area contributed by atoms with E-state index in [1.165, 1.54) is 5.57 Å². The first-order valence-electron chi connectivity index (χ1n) is 3.21. The normalized spacial score (nSPS) is 12.4. The Morgan fingerprint density at radius 3 is 2.67 bits per heavy atom. The zero-order valence-electron chi connectivity index (χ0n) is 6.22. The highest BCUT2D eigenvalue weighted by molar-refractivity contribution is 5.13. The molecule has 0 heteroatoms. The monoisotopic (exact) mass is 122 g/mol. The lowest BCUT2D eigenvalue weighted by molar-refractivity contribution is 1.32. The quantitative estimate of drug-likeness (QED) is 0.398. The molecule has 0 aromatic rings. The SMILES string of the molecule is C=C/C(C)=C\CC=CC. The van der Waals surface area contributed by atoms with Crippen LogP contribution in [0.4, 0.5) is 0 Å². The van der Waals surface area contributed by atoms with Gasteiger partial charge < -0.3 is 0 Å². The maximum Gasteiger partial charge on any atom is -0.0164 e. The van der Waals surface area contributed by atoms with E-state index in [9.17, 15) is 0 Å². The standard InChI is InChI=1S/C9H14/c1-4-6-7-8-9(3)5-2/h4-6,8H,2,7H2,1,3H3/b6-4?,9-8-. The van der Waals surface area contributed by atoms with Gasteiger partial charge in [-0.3, -0.25) is 0 Å². The van der Waals surface area contributed by atoms with E-state index < -0.39 is 0 Å². The highest BCUT2D eigenvalue weighted by Crippen LogP contribution is 1.95. The van der Waals surface area contributed by atoms with Crippen LogP contribution in [0.2, 0.25) is 0 Å². The average molecular weight is 122 g/mol. The maximum absolute atomic E-state index is 3.65. The van der Waals surface area contributed by atoms with Crippen LogP contribution in [-0.2, 0) is 0 Å². The zero-order chi connectivity index (χ0) is 7.11.